The Morgan fingerprint density at radius 1 is 1.33 bits per heavy atom. The molecular weight excluding hydrogens is 194 g/mol. The molecule has 0 aromatic carbocycles. The third-order valence-corrected chi connectivity index (χ3v) is 2.13. The molecule has 1 fully saturated rings. The highest BCUT2D eigenvalue weighted by molar-refractivity contribution is 6.13. The van der Waals surface area contributed by atoms with Crippen molar-refractivity contribution < 1.29 is 9.59 Å². The number of pyridine rings is 1. The molecule has 0 radical (unpaired) electrons. The molecular formula is C10H9N3O2. The number of carbonyl (C=O) groups is 2. The SMILES string of the molecule is CN1C(=O)NC(=O)C1=Cc1ccncc1. The van der Waals surface area contributed by atoms with E-state index < -0.39 is 6.03 Å². The second kappa shape index (κ2) is 3.53. The Morgan fingerprint density at radius 2 is 2.00 bits per heavy atom. The predicted octanol–water partition coefficient (Wildman–Crippen LogP) is 0.604. The van der Waals surface area contributed by atoms with Gasteiger partial charge in [-0.25, -0.2) is 4.79 Å². The van der Waals surface area contributed by atoms with Gasteiger partial charge >= 0.3 is 6.03 Å². The fraction of sp³-hybridized carbons (Fsp3) is 0.100. The number of hydrogen-bond donors (Lipinski definition) is 1. The number of carbonyl (C=O) groups excluding carboxylic acids is 2. The first-order valence-electron chi connectivity index (χ1n) is 4.39. The van der Waals surface area contributed by atoms with Gasteiger partial charge < -0.3 is 0 Å². The topological polar surface area (TPSA) is 62.3 Å². The van der Waals surface area contributed by atoms with Crippen LogP contribution in [-0.2, 0) is 4.79 Å². The monoisotopic (exact) mass is 203 g/mol. The number of likely N-dealkylation sites (N-methyl/N-ethyl adjacent to an activating group) is 1. The van der Waals surface area contributed by atoms with Gasteiger partial charge in [-0.2, -0.15) is 0 Å². The third-order valence-electron chi connectivity index (χ3n) is 2.13. The molecule has 0 saturated carbocycles. The van der Waals surface area contributed by atoms with Crippen LogP contribution in [-0.4, -0.2) is 28.9 Å². The van der Waals surface area contributed by atoms with Crippen molar-refractivity contribution in [2.24, 2.45) is 0 Å². The zero-order valence-corrected chi connectivity index (χ0v) is 8.10. The van der Waals surface area contributed by atoms with Crippen LogP contribution in [0.1, 0.15) is 5.56 Å². The molecule has 1 aliphatic rings. The van der Waals surface area contributed by atoms with E-state index in [4.69, 9.17) is 0 Å². The van der Waals surface area contributed by atoms with Crippen LogP contribution in [0.4, 0.5) is 4.79 Å². The van der Waals surface area contributed by atoms with E-state index >= 15 is 0 Å². The van der Waals surface area contributed by atoms with Gasteiger partial charge in [-0.05, 0) is 23.8 Å². The Hall–Kier alpha value is -2.17. The molecule has 3 amide bonds. The van der Waals surface area contributed by atoms with E-state index in [1.165, 1.54) is 4.90 Å². The number of hydrogen-bond acceptors (Lipinski definition) is 3. The lowest BCUT2D eigenvalue weighted by Gasteiger charge is -2.06. The molecule has 5 nitrogen and oxygen atoms in total. The Bertz CT molecular complexity index is 439. The lowest BCUT2D eigenvalue weighted by atomic mass is 10.2. The molecule has 1 aromatic rings. The molecule has 1 aliphatic heterocycles. The number of amides is 3. The molecule has 15 heavy (non-hydrogen) atoms. The molecule has 0 unspecified atom stereocenters. The van der Waals surface area contributed by atoms with Gasteiger partial charge in [0, 0.05) is 19.4 Å². The third kappa shape index (κ3) is 1.71. The zero-order chi connectivity index (χ0) is 10.8. The van der Waals surface area contributed by atoms with Crippen LogP contribution >= 0.6 is 0 Å². The van der Waals surface area contributed by atoms with E-state index in [9.17, 15) is 9.59 Å². The minimum absolute atomic E-state index is 0.339. The molecule has 76 valence electrons. The fourth-order valence-electron chi connectivity index (χ4n) is 1.29. The van der Waals surface area contributed by atoms with Crippen LogP contribution in [0.2, 0.25) is 0 Å². The van der Waals surface area contributed by atoms with Crippen molar-refractivity contribution in [3.8, 4) is 0 Å². The van der Waals surface area contributed by atoms with Crippen molar-refractivity contribution >= 4 is 18.0 Å². The van der Waals surface area contributed by atoms with Crippen molar-refractivity contribution in [3.05, 3.63) is 35.8 Å². The smallest absolute Gasteiger partial charge is 0.292 e. The van der Waals surface area contributed by atoms with Gasteiger partial charge in [0.25, 0.3) is 5.91 Å². The van der Waals surface area contributed by atoms with E-state index in [0.717, 1.165) is 5.56 Å². The molecule has 0 spiro atoms. The summed E-state index contributed by atoms with van der Waals surface area (Å²) in [5.41, 5.74) is 1.17. The standard InChI is InChI=1S/C10H9N3O2/c1-13-8(9(14)12-10(13)15)6-7-2-4-11-5-3-7/h2-6H,1H3,(H,12,14,15). The van der Waals surface area contributed by atoms with Crippen LogP contribution in [0.5, 0.6) is 0 Å². The molecule has 2 heterocycles. The first-order chi connectivity index (χ1) is 7.18. The fourth-order valence-corrected chi connectivity index (χ4v) is 1.29. The number of imide groups is 1. The van der Waals surface area contributed by atoms with Crippen LogP contribution in [0.25, 0.3) is 6.08 Å². The van der Waals surface area contributed by atoms with Crippen molar-refractivity contribution in [2.45, 2.75) is 0 Å². The Kier molecular flexibility index (Phi) is 2.21. The average Bonchev–Trinajstić information content (AvgIpc) is 2.47. The summed E-state index contributed by atoms with van der Waals surface area (Å²) in [6.07, 6.45) is 4.89. The number of rotatable bonds is 1. The molecule has 5 heteroatoms. The molecule has 0 bridgehead atoms. The van der Waals surface area contributed by atoms with E-state index in [1.54, 1.807) is 37.7 Å². The quantitative estimate of drug-likeness (QED) is 0.537. The highest BCUT2D eigenvalue weighted by Gasteiger charge is 2.29. The molecule has 1 N–H and O–H groups in total. The Labute approximate surface area is 86.4 Å². The highest BCUT2D eigenvalue weighted by Crippen LogP contribution is 2.13. The molecule has 2 rings (SSSR count). The van der Waals surface area contributed by atoms with Crippen molar-refractivity contribution in [1.29, 1.82) is 0 Å². The maximum Gasteiger partial charge on any atom is 0.328 e. The van der Waals surface area contributed by atoms with Gasteiger partial charge in [-0.15, -0.1) is 0 Å². The Balaban J connectivity index is 2.35. The zero-order valence-electron chi connectivity index (χ0n) is 8.10. The molecule has 0 aliphatic carbocycles. The van der Waals surface area contributed by atoms with E-state index in [1.807, 2.05) is 0 Å². The van der Waals surface area contributed by atoms with Crippen LogP contribution < -0.4 is 5.32 Å². The summed E-state index contributed by atoms with van der Waals surface area (Å²) in [6.45, 7) is 0. The number of nitrogens with zero attached hydrogens (tertiary/aromatic N) is 2. The number of nitrogens with one attached hydrogen (secondary N) is 1. The minimum atomic E-state index is -0.402. The minimum Gasteiger partial charge on any atom is -0.292 e. The van der Waals surface area contributed by atoms with Crippen LogP contribution in [0.15, 0.2) is 30.2 Å². The number of urea groups is 1. The maximum absolute atomic E-state index is 11.3. The highest BCUT2D eigenvalue weighted by atomic mass is 16.2. The van der Waals surface area contributed by atoms with Gasteiger partial charge in [-0.1, -0.05) is 0 Å². The Morgan fingerprint density at radius 3 is 2.53 bits per heavy atom. The summed E-state index contributed by atoms with van der Waals surface area (Å²) in [5.74, 6) is -0.376. The van der Waals surface area contributed by atoms with Crippen LogP contribution in [0, 0.1) is 0 Å². The lowest BCUT2D eigenvalue weighted by Crippen LogP contribution is -2.24. The average molecular weight is 203 g/mol. The van der Waals surface area contributed by atoms with E-state index in [-0.39, 0.29) is 5.91 Å². The summed E-state index contributed by atoms with van der Waals surface area (Å²) in [4.78, 5) is 27.6. The summed E-state index contributed by atoms with van der Waals surface area (Å²) >= 11 is 0. The van der Waals surface area contributed by atoms with E-state index in [0.29, 0.717) is 5.70 Å². The first-order valence-corrected chi connectivity index (χ1v) is 4.39. The molecule has 1 saturated heterocycles. The normalized spacial score (nSPS) is 18.5. The summed E-state index contributed by atoms with van der Waals surface area (Å²) < 4.78 is 0. The van der Waals surface area contributed by atoms with Gasteiger partial charge in [0.1, 0.15) is 5.70 Å². The molecule has 1 aromatic heterocycles. The second-order valence-electron chi connectivity index (χ2n) is 3.13. The summed E-state index contributed by atoms with van der Waals surface area (Å²) in [6, 6.07) is 3.12. The maximum atomic E-state index is 11.3. The van der Waals surface area contributed by atoms with Crippen molar-refractivity contribution in [1.82, 2.24) is 15.2 Å². The first kappa shape index (κ1) is 9.39. The van der Waals surface area contributed by atoms with Gasteiger partial charge in [0.15, 0.2) is 0 Å². The second-order valence-corrected chi connectivity index (χ2v) is 3.13. The predicted molar refractivity (Wildman–Crippen MR) is 53.5 cm³/mol. The summed E-state index contributed by atoms with van der Waals surface area (Å²) in [7, 11) is 1.55. The molecule has 0 atom stereocenters. The van der Waals surface area contributed by atoms with Crippen LogP contribution in [0.3, 0.4) is 0 Å². The van der Waals surface area contributed by atoms with Gasteiger partial charge in [-0.3, -0.25) is 20.0 Å². The largest absolute Gasteiger partial charge is 0.328 e. The summed E-state index contributed by atoms with van der Waals surface area (Å²) in [5, 5.41) is 2.20. The van der Waals surface area contributed by atoms with Crippen molar-refractivity contribution in [2.75, 3.05) is 7.05 Å². The van der Waals surface area contributed by atoms with Gasteiger partial charge in [0.05, 0.1) is 0 Å². The number of aromatic nitrogens is 1. The van der Waals surface area contributed by atoms with Crippen molar-refractivity contribution in [3.63, 3.8) is 0 Å². The lowest BCUT2D eigenvalue weighted by molar-refractivity contribution is -0.115. The van der Waals surface area contributed by atoms with E-state index in [2.05, 4.69) is 10.3 Å². The van der Waals surface area contributed by atoms with Gasteiger partial charge in [0.2, 0.25) is 0 Å².